The van der Waals surface area contributed by atoms with Gasteiger partial charge in [0.15, 0.2) is 0 Å². The lowest BCUT2D eigenvalue weighted by atomic mass is 9.87. The number of fused-ring (bicyclic) bond motifs is 8. The maximum Gasteiger partial charge on any atom is 0.407 e. The number of benzene rings is 2. The molecular weight excluding hydrogens is 953 g/mol. The van der Waals surface area contributed by atoms with Crippen LogP contribution in [0.4, 0.5) is 27.8 Å². The van der Waals surface area contributed by atoms with Gasteiger partial charge in [-0.2, -0.15) is 0 Å². The number of hydrogen-bond donors (Lipinski definition) is 4. The van der Waals surface area contributed by atoms with E-state index in [1.54, 1.807) is 59.0 Å². The van der Waals surface area contributed by atoms with Gasteiger partial charge in [0.25, 0.3) is 0 Å². The number of rotatable bonds is 14. The molecule has 10 rings (SSSR count). The molecule has 4 atom stereocenters. The fourth-order valence-corrected chi connectivity index (χ4v) is 12.0. The molecule has 6 heterocycles. The highest BCUT2D eigenvalue weighted by Crippen LogP contribution is 2.44. The summed E-state index contributed by atoms with van der Waals surface area (Å²) < 4.78 is 17.6. The Balaban J connectivity index is 0.000000180. The second-order valence-electron chi connectivity index (χ2n) is 19.4. The number of aliphatic imine (C=N–C) groups is 2. The van der Waals surface area contributed by atoms with Gasteiger partial charge in [-0.15, -0.1) is 22.7 Å². The van der Waals surface area contributed by atoms with Crippen LogP contribution >= 0.6 is 22.7 Å². The number of anilines is 4. The summed E-state index contributed by atoms with van der Waals surface area (Å²) in [6, 6.07) is 8.11. The van der Waals surface area contributed by atoms with Crippen LogP contribution in [-0.4, -0.2) is 120 Å². The summed E-state index contributed by atoms with van der Waals surface area (Å²) in [5.41, 5.74) is 14.2. The Kier molecular flexibility index (Phi) is 15.0. The molecule has 20 heteroatoms. The molecule has 4 aromatic heterocycles. The summed E-state index contributed by atoms with van der Waals surface area (Å²) in [5, 5.41) is 11.8. The highest BCUT2D eigenvalue weighted by molar-refractivity contribution is 7.19. The molecule has 6 aromatic rings. The molecule has 2 aliphatic carbocycles. The SMILES string of the molecule is CC(C)OC(=O)NC[C@@H](C)Oc1cc2c(cc1Nc1ncnc3sc4c(c13)CC[C@H](C(=O)N(C)C)C4)C=NC2.C[C@H](CN)Oc1cc2c(cc1Nc1ncnc3sc4c(c13)CC[C@H](C(=O)N(C)C)C4)C=NC2. The van der Waals surface area contributed by atoms with E-state index < -0.39 is 6.09 Å². The molecular formula is C52H62N12O6S2. The first-order valence-electron chi connectivity index (χ1n) is 24.4. The van der Waals surface area contributed by atoms with E-state index in [2.05, 4.69) is 51.9 Å². The Bertz CT molecular complexity index is 3090. The Morgan fingerprint density at radius 3 is 1.61 bits per heavy atom. The third-order valence-electron chi connectivity index (χ3n) is 13.1. The number of aromatic nitrogens is 4. The molecule has 0 saturated carbocycles. The third kappa shape index (κ3) is 10.8. The van der Waals surface area contributed by atoms with Crippen LogP contribution in [0.2, 0.25) is 0 Å². The highest BCUT2D eigenvalue weighted by atomic mass is 32.1. The topological polar surface area (TPSA) is 224 Å². The highest BCUT2D eigenvalue weighted by Gasteiger charge is 2.32. The van der Waals surface area contributed by atoms with Gasteiger partial charge in [-0.1, -0.05) is 0 Å². The van der Waals surface area contributed by atoms with E-state index in [1.807, 2.05) is 72.7 Å². The number of nitrogens with zero attached hydrogens (tertiary/aromatic N) is 8. The number of ether oxygens (including phenoxy) is 3. The number of alkyl carbamates (subject to hydrolysis) is 1. The first-order chi connectivity index (χ1) is 34.6. The molecule has 4 aliphatic rings. The van der Waals surface area contributed by atoms with Crippen molar-refractivity contribution in [2.24, 2.45) is 27.6 Å². The van der Waals surface area contributed by atoms with Crippen LogP contribution in [0.25, 0.3) is 20.4 Å². The van der Waals surface area contributed by atoms with Gasteiger partial charge in [0.05, 0.1) is 47.9 Å². The average molecular weight is 1020 g/mol. The van der Waals surface area contributed by atoms with Gasteiger partial charge in [-0.3, -0.25) is 19.6 Å². The molecule has 0 bridgehead atoms. The first kappa shape index (κ1) is 50.2. The zero-order valence-electron chi connectivity index (χ0n) is 42.0. The molecule has 0 fully saturated rings. The van der Waals surface area contributed by atoms with Gasteiger partial charge < -0.3 is 45.7 Å². The Morgan fingerprint density at radius 1 is 0.694 bits per heavy atom. The minimum absolute atomic E-state index is 0.00570. The minimum Gasteiger partial charge on any atom is -0.487 e. The maximum atomic E-state index is 12.6. The normalized spacial score (nSPS) is 17.0. The van der Waals surface area contributed by atoms with E-state index in [1.165, 1.54) is 20.9 Å². The van der Waals surface area contributed by atoms with Crippen LogP contribution in [-0.2, 0) is 53.1 Å². The smallest absolute Gasteiger partial charge is 0.407 e. The van der Waals surface area contributed by atoms with Crippen molar-refractivity contribution < 1.29 is 28.6 Å². The minimum atomic E-state index is -0.471. The van der Waals surface area contributed by atoms with Gasteiger partial charge in [-0.25, -0.2) is 24.7 Å². The van der Waals surface area contributed by atoms with E-state index in [0.717, 1.165) is 104 Å². The third-order valence-corrected chi connectivity index (χ3v) is 15.4. The molecule has 0 unspecified atom stereocenters. The lowest BCUT2D eigenvalue weighted by Gasteiger charge is -2.24. The van der Waals surface area contributed by atoms with Crippen molar-refractivity contribution in [2.75, 3.05) is 51.9 Å². The van der Waals surface area contributed by atoms with E-state index in [4.69, 9.17) is 19.9 Å². The van der Waals surface area contributed by atoms with Gasteiger partial charge in [0.2, 0.25) is 11.8 Å². The second-order valence-corrected chi connectivity index (χ2v) is 21.5. The molecule has 2 aliphatic heterocycles. The summed E-state index contributed by atoms with van der Waals surface area (Å²) in [4.78, 5) is 71.8. The molecule has 3 amide bonds. The summed E-state index contributed by atoms with van der Waals surface area (Å²) in [5.74, 6) is 3.25. The van der Waals surface area contributed by atoms with E-state index in [-0.39, 0.29) is 42.0 Å². The van der Waals surface area contributed by atoms with E-state index in [9.17, 15) is 14.4 Å². The Morgan fingerprint density at radius 2 is 1.17 bits per heavy atom. The number of aryl methyl sites for hydroxylation is 2. The summed E-state index contributed by atoms with van der Waals surface area (Å²) in [7, 11) is 7.27. The van der Waals surface area contributed by atoms with Gasteiger partial charge in [-0.05, 0) is 124 Å². The van der Waals surface area contributed by atoms with Gasteiger partial charge in [0.1, 0.15) is 57.7 Å². The Labute approximate surface area is 426 Å². The summed E-state index contributed by atoms with van der Waals surface area (Å²) in [6.45, 7) is 9.44. The van der Waals surface area contributed by atoms with Crippen molar-refractivity contribution in [3.8, 4) is 11.5 Å². The molecule has 378 valence electrons. The molecule has 72 heavy (non-hydrogen) atoms. The summed E-state index contributed by atoms with van der Waals surface area (Å²) >= 11 is 3.30. The fourth-order valence-electron chi connectivity index (χ4n) is 9.49. The number of nitrogens with two attached hydrogens (primary N) is 1. The number of carbonyl (C=O) groups excluding carboxylic acids is 3. The number of carbonyl (C=O) groups is 3. The molecule has 18 nitrogen and oxygen atoms in total. The molecule has 5 N–H and O–H groups in total. The predicted octanol–water partition coefficient (Wildman–Crippen LogP) is 7.75. The quantitative estimate of drug-likeness (QED) is 0.0820. The lowest BCUT2D eigenvalue weighted by molar-refractivity contribution is -0.134. The predicted molar refractivity (Wildman–Crippen MR) is 284 cm³/mol. The van der Waals surface area contributed by atoms with Gasteiger partial charge in [0, 0.05) is 68.8 Å². The average Bonchev–Trinajstić information content (AvgIpc) is 4.17. The summed E-state index contributed by atoms with van der Waals surface area (Å²) in [6.07, 6.45) is 10.6. The van der Waals surface area contributed by atoms with Crippen molar-refractivity contribution >= 4 is 96.5 Å². The van der Waals surface area contributed by atoms with Crippen molar-refractivity contribution in [2.45, 2.75) is 97.6 Å². The molecule has 0 saturated heterocycles. The van der Waals surface area contributed by atoms with Crippen LogP contribution in [0, 0.1) is 11.8 Å². The standard InChI is InChI=1S/C28H34N6O4S.C24H28N6O2S/c1-15(2)37-28(36)30-11-16(3)38-22-9-19-13-29-12-18(19)8-21(22)33-25-24-20-7-6-17(27(35)34(4)5)10-23(20)39-26(24)32-14-31-25;1-13(9-25)32-19-7-16-11-26-10-15(16)6-18(19)29-22-21-17-5-4-14(24(31)30(2)3)8-20(17)33-23(21)28-12-27-22/h8-9,12,14-17H,6-7,10-11,13H2,1-5H3,(H,30,36)(H,31,32,33);6-7,10,12-14H,4-5,8-9,11,25H2,1-3H3,(H,27,28,29)/t16-,17+;13-,14+/m11/s1. The fraction of sp³-hybridized carbons (Fsp3) is 0.442. The molecule has 2 aromatic carbocycles. The number of amides is 3. The van der Waals surface area contributed by atoms with Crippen LogP contribution in [0.15, 0.2) is 46.9 Å². The molecule has 0 spiro atoms. The first-order valence-corrected chi connectivity index (χ1v) is 26.0. The number of nitrogens with one attached hydrogen (secondary N) is 3. The van der Waals surface area contributed by atoms with Crippen LogP contribution in [0.3, 0.4) is 0 Å². The van der Waals surface area contributed by atoms with Crippen molar-refractivity contribution in [3.63, 3.8) is 0 Å². The van der Waals surface area contributed by atoms with E-state index >= 15 is 0 Å². The largest absolute Gasteiger partial charge is 0.487 e. The number of thiophene rings is 2. The van der Waals surface area contributed by atoms with Crippen molar-refractivity contribution in [3.05, 3.63) is 80.1 Å². The van der Waals surface area contributed by atoms with Crippen molar-refractivity contribution in [1.82, 2.24) is 35.1 Å². The second kappa shape index (κ2) is 21.5. The lowest BCUT2D eigenvalue weighted by Crippen LogP contribution is -2.35. The van der Waals surface area contributed by atoms with Gasteiger partial charge >= 0.3 is 6.09 Å². The Hall–Kier alpha value is -6.77. The van der Waals surface area contributed by atoms with Crippen molar-refractivity contribution in [1.29, 1.82) is 0 Å². The zero-order chi connectivity index (χ0) is 50.8. The molecule has 0 radical (unpaired) electrons. The maximum absolute atomic E-state index is 12.6. The number of hydrogen-bond acceptors (Lipinski definition) is 17. The zero-order valence-corrected chi connectivity index (χ0v) is 43.6. The van der Waals surface area contributed by atoms with E-state index in [0.29, 0.717) is 37.7 Å². The monoisotopic (exact) mass is 1010 g/mol. The van der Waals surface area contributed by atoms with Crippen LogP contribution in [0.5, 0.6) is 11.5 Å². The van der Waals surface area contributed by atoms with Crippen LogP contribution < -0.4 is 31.2 Å². The van der Waals surface area contributed by atoms with Crippen LogP contribution in [0.1, 0.15) is 83.7 Å².